The van der Waals surface area contributed by atoms with E-state index in [1.54, 1.807) is 10.9 Å². The SMILES string of the molecule is CCOc1nn([C@H](C)CO)c2c1/C=C/c1n[nH]c3cnc(cc13)-c1c(C)nn(C)c1O[C@H](C)CN(C)C2. The largest absolute Gasteiger partial charge is 0.476 e. The number of fused-ring (bicyclic) bond motifs is 4. The first-order valence-corrected chi connectivity index (χ1v) is 12.6. The van der Waals surface area contributed by atoms with Crippen molar-refractivity contribution in [3.8, 4) is 23.0 Å². The summed E-state index contributed by atoms with van der Waals surface area (Å²) >= 11 is 0. The molecule has 2 atom stereocenters. The normalized spacial score (nSPS) is 18.1. The Kier molecular flexibility index (Phi) is 6.74. The maximum atomic E-state index is 9.94. The van der Waals surface area contributed by atoms with E-state index in [9.17, 15) is 5.11 Å². The highest BCUT2D eigenvalue weighted by Gasteiger charge is 2.25. The van der Waals surface area contributed by atoms with E-state index in [0.29, 0.717) is 31.5 Å². The first kappa shape index (κ1) is 25.0. The van der Waals surface area contributed by atoms with Crippen LogP contribution in [0.4, 0.5) is 0 Å². The molecular weight excluding hydrogens is 472 g/mol. The van der Waals surface area contributed by atoms with Gasteiger partial charge in [0, 0.05) is 25.5 Å². The second kappa shape index (κ2) is 9.98. The zero-order valence-electron chi connectivity index (χ0n) is 22.2. The van der Waals surface area contributed by atoms with Crippen molar-refractivity contribution in [1.82, 2.24) is 39.6 Å². The van der Waals surface area contributed by atoms with Gasteiger partial charge in [-0.25, -0.2) is 4.68 Å². The summed E-state index contributed by atoms with van der Waals surface area (Å²) in [5.74, 6) is 1.21. The summed E-state index contributed by atoms with van der Waals surface area (Å²) in [5.41, 5.74) is 5.92. The molecule has 5 rings (SSSR count). The van der Waals surface area contributed by atoms with Crippen LogP contribution in [-0.2, 0) is 13.6 Å². The van der Waals surface area contributed by atoms with Gasteiger partial charge in [0.2, 0.25) is 11.8 Å². The van der Waals surface area contributed by atoms with Crippen molar-refractivity contribution in [2.24, 2.45) is 7.05 Å². The summed E-state index contributed by atoms with van der Waals surface area (Å²) in [4.78, 5) is 6.88. The van der Waals surface area contributed by atoms with Crippen LogP contribution in [0, 0.1) is 6.92 Å². The zero-order chi connectivity index (χ0) is 26.3. The monoisotopic (exact) mass is 506 g/mol. The lowest BCUT2D eigenvalue weighted by Crippen LogP contribution is -2.32. The van der Waals surface area contributed by atoms with Gasteiger partial charge in [-0.15, -0.1) is 5.10 Å². The summed E-state index contributed by atoms with van der Waals surface area (Å²) in [6.07, 6.45) is 5.62. The predicted octanol–water partition coefficient (Wildman–Crippen LogP) is 3.20. The van der Waals surface area contributed by atoms with Crippen LogP contribution in [0.1, 0.15) is 49.5 Å². The Labute approximate surface area is 215 Å². The molecule has 0 amide bonds. The van der Waals surface area contributed by atoms with Crippen molar-refractivity contribution < 1.29 is 14.6 Å². The molecule has 0 saturated carbocycles. The molecule has 0 aliphatic carbocycles. The Hall–Kier alpha value is -3.70. The maximum absolute atomic E-state index is 9.94. The maximum Gasteiger partial charge on any atom is 0.240 e. The highest BCUT2D eigenvalue weighted by molar-refractivity contribution is 5.92. The van der Waals surface area contributed by atoms with E-state index in [0.717, 1.165) is 44.8 Å². The minimum absolute atomic E-state index is 0.0327. The minimum Gasteiger partial charge on any atom is -0.476 e. The van der Waals surface area contributed by atoms with E-state index < -0.39 is 0 Å². The first-order chi connectivity index (χ1) is 17.8. The number of aromatic nitrogens is 7. The smallest absolute Gasteiger partial charge is 0.240 e. The average Bonchev–Trinajstić information content (AvgIpc) is 3.50. The van der Waals surface area contributed by atoms with Crippen LogP contribution in [-0.4, -0.2) is 77.7 Å². The van der Waals surface area contributed by atoms with E-state index in [-0.39, 0.29) is 18.8 Å². The highest BCUT2D eigenvalue weighted by Crippen LogP contribution is 2.35. The van der Waals surface area contributed by atoms with E-state index in [1.807, 2.05) is 64.7 Å². The first-order valence-electron chi connectivity index (χ1n) is 12.6. The van der Waals surface area contributed by atoms with Crippen molar-refractivity contribution in [2.75, 3.05) is 26.8 Å². The number of rotatable bonds is 4. The highest BCUT2D eigenvalue weighted by atomic mass is 16.5. The van der Waals surface area contributed by atoms with Crippen molar-refractivity contribution >= 4 is 23.1 Å². The van der Waals surface area contributed by atoms with Crippen LogP contribution in [0.3, 0.4) is 0 Å². The molecule has 196 valence electrons. The number of H-pyrrole nitrogens is 1. The standard InChI is InChI=1S/C26H34N8O3/c1-7-36-25-18-8-9-20-19-10-21(27-11-22(19)29-28-20)24-17(4)30-33(6)26(24)37-16(3)12-32(5)13-23(18)34(31-25)15(2)14-35/h8-11,15-16,35H,7,12-14H2,1-6H3,(H,28,29)/b9-8+/t15-,16-/m1/s1. The number of nitrogens with one attached hydrogen (secondary N) is 1. The number of nitrogens with zero attached hydrogens (tertiary/aromatic N) is 7. The van der Waals surface area contributed by atoms with Crippen LogP contribution >= 0.6 is 0 Å². The van der Waals surface area contributed by atoms with Crippen LogP contribution in [0.2, 0.25) is 0 Å². The number of aliphatic hydroxyl groups excluding tert-OH is 1. The lowest BCUT2D eigenvalue weighted by atomic mass is 10.1. The van der Waals surface area contributed by atoms with Gasteiger partial charge >= 0.3 is 0 Å². The number of aliphatic hydroxyl groups is 1. The van der Waals surface area contributed by atoms with Crippen LogP contribution in [0.15, 0.2) is 12.3 Å². The third-order valence-corrected chi connectivity index (χ3v) is 6.59. The predicted molar refractivity (Wildman–Crippen MR) is 141 cm³/mol. The lowest BCUT2D eigenvalue weighted by molar-refractivity contribution is 0.145. The number of likely N-dealkylation sites (N-methyl/N-ethyl adjacent to an activating group) is 1. The lowest BCUT2D eigenvalue weighted by Gasteiger charge is -2.24. The van der Waals surface area contributed by atoms with E-state index >= 15 is 0 Å². The van der Waals surface area contributed by atoms with Crippen LogP contribution < -0.4 is 9.47 Å². The van der Waals surface area contributed by atoms with E-state index in [2.05, 4.69) is 20.2 Å². The number of pyridine rings is 1. The molecule has 2 N–H and O–H groups in total. The summed E-state index contributed by atoms with van der Waals surface area (Å²) < 4.78 is 16.0. The molecular formula is C26H34N8O3. The zero-order valence-corrected chi connectivity index (χ0v) is 22.2. The Morgan fingerprint density at radius 2 is 2.08 bits per heavy atom. The summed E-state index contributed by atoms with van der Waals surface area (Å²) in [6.45, 7) is 9.58. The summed E-state index contributed by atoms with van der Waals surface area (Å²) in [6, 6.07) is 1.81. The fraction of sp³-hybridized carbons (Fsp3) is 0.462. The van der Waals surface area contributed by atoms with Crippen molar-refractivity contribution in [3.05, 3.63) is 34.9 Å². The molecule has 0 radical (unpaired) electrons. The molecule has 0 unspecified atom stereocenters. The van der Waals surface area contributed by atoms with Gasteiger partial charge in [0.25, 0.3) is 0 Å². The van der Waals surface area contributed by atoms with Crippen molar-refractivity contribution in [2.45, 2.75) is 46.4 Å². The van der Waals surface area contributed by atoms with Gasteiger partial charge < -0.3 is 14.6 Å². The number of hydrogen-bond donors (Lipinski definition) is 2. The van der Waals surface area contributed by atoms with Gasteiger partial charge in [0.1, 0.15) is 6.10 Å². The molecule has 11 nitrogen and oxygen atoms in total. The van der Waals surface area contributed by atoms with Crippen molar-refractivity contribution in [1.29, 1.82) is 0 Å². The second-order valence-corrected chi connectivity index (χ2v) is 9.65. The molecule has 0 saturated heterocycles. The Balaban J connectivity index is 1.72. The molecule has 1 aliphatic heterocycles. The van der Waals surface area contributed by atoms with Crippen LogP contribution in [0.5, 0.6) is 11.8 Å². The quantitative estimate of drug-likeness (QED) is 0.433. The Morgan fingerprint density at radius 1 is 1.27 bits per heavy atom. The van der Waals surface area contributed by atoms with Gasteiger partial charge in [-0.05, 0) is 53.0 Å². The Bertz CT molecular complexity index is 1450. The van der Waals surface area contributed by atoms with Gasteiger partial charge in [-0.3, -0.25) is 19.7 Å². The van der Waals surface area contributed by atoms with Crippen molar-refractivity contribution in [3.63, 3.8) is 0 Å². The van der Waals surface area contributed by atoms with E-state index in [4.69, 9.17) is 19.6 Å². The molecule has 0 fully saturated rings. The number of hydrogen-bond acceptors (Lipinski definition) is 8. The molecule has 2 bridgehead atoms. The summed E-state index contributed by atoms with van der Waals surface area (Å²) in [5, 5.41) is 27.8. The molecule has 0 spiro atoms. The molecule has 4 aromatic heterocycles. The average molecular weight is 507 g/mol. The third-order valence-electron chi connectivity index (χ3n) is 6.59. The van der Waals surface area contributed by atoms with Gasteiger partial charge in [0.05, 0.1) is 64.9 Å². The molecule has 0 aromatic carbocycles. The van der Waals surface area contributed by atoms with E-state index in [1.165, 1.54) is 0 Å². The number of aromatic amines is 1. The Morgan fingerprint density at radius 3 is 2.84 bits per heavy atom. The number of aryl methyl sites for hydroxylation is 2. The molecule has 11 heteroatoms. The van der Waals surface area contributed by atoms with Crippen LogP contribution in [0.25, 0.3) is 34.3 Å². The fourth-order valence-corrected chi connectivity index (χ4v) is 4.89. The minimum atomic E-state index is -0.208. The van der Waals surface area contributed by atoms with Gasteiger partial charge in [-0.1, -0.05) is 0 Å². The fourth-order valence-electron chi connectivity index (χ4n) is 4.89. The molecule has 1 aliphatic rings. The summed E-state index contributed by atoms with van der Waals surface area (Å²) in [7, 11) is 3.93. The second-order valence-electron chi connectivity index (χ2n) is 9.65. The topological polar surface area (TPSA) is 119 Å². The van der Waals surface area contributed by atoms with Gasteiger partial charge in [0.15, 0.2) is 0 Å². The molecule has 37 heavy (non-hydrogen) atoms. The third kappa shape index (κ3) is 4.60. The number of ether oxygens (including phenoxy) is 2. The molecule has 5 heterocycles. The van der Waals surface area contributed by atoms with Gasteiger partial charge in [-0.2, -0.15) is 10.2 Å². The molecule has 4 aromatic rings.